The van der Waals surface area contributed by atoms with Crippen molar-refractivity contribution in [2.45, 2.75) is 27.7 Å². The van der Waals surface area contributed by atoms with Crippen molar-refractivity contribution in [3.05, 3.63) is 23.7 Å². The summed E-state index contributed by atoms with van der Waals surface area (Å²) in [4.78, 5) is 20.0. The standard InChI is InChI=1S/2C5H8O2.O.Ti/c2*1-4(6)3-5(2)7;;/h2*3,6H,1-2H3;;/b2*4-3-;;. The number of carbonyl (C=O) groups excluding carboxylic acids is 2. The number of aliphatic hydroxyl groups excluding tert-OH is 2. The van der Waals surface area contributed by atoms with Gasteiger partial charge in [-0.25, -0.2) is 0 Å². The van der Waals surface area contributed by atoms with Crippen LogP contribution in [0.2, 0.25) is 0 Å². The number of carbonyl (C=O) groups is 2. The monoisotopic (exact) mass is 264 g/mol. The molecule has 0 aliphatic carbocycles. The molecule has 0 bridgehead atoms. The van der Waals surface area contributed by atoms with Crippen molar-refractivity contribution < 1.29 is 43.5 Å². The third-order valence-electron chi connectivity index (χ3n) is 0.824. The summed E-state index contributed by atoms with van der Waals surface area (Å²) in [5.74, 6) is -0.125. The van der Waals surface area contributed by atoms with Gasteiger partial charge in [0, 0.05) is 12.2 Å². The van der Waals surface area contributed by atoms with Crippen molar-refractivity contribution in [2.24, 2.45) is 0 Å². The van der Waals surface area contributed by atoms with Crippen molar-refractivity contribution in [2.75, 3.05) is 0 Å². The molecule has 0 aliphatic rings. The van der Waals surface area contributed by atoms with Gasteiger partial charge in [0.1, 0.15) is 0 Å². The molecule has 0 radical (unpaired) electrons. The predicted octanol–water partition coefficient (Wildman–Crippen LogP) is 1.95. The van der Waals surface area contributed by atoms with E-state index in [9.17, 15) is 9.59 Å². The molecule has 90 valence electrons. The van der Waals surface area contributed by atoms with E-state index >= 15 is 0 Å². The molecule has 6 heteroatoms. The van der Waals surface area contributed by atoms with E-state index in [2.05, 4.69) is 0 Å². The Labute approximate surface area is 107 Å². The maximum absolute atomic E-state index is 10.0. The summed E-state index contributed by atoms with van der Waals surface area (Å²) in [7, 11) is 0. The molecule has 0 saturated heterocycles. The number of rotatable bonds is 2. The minimum absolute atomic E-state index is 0.0625. The number of ketones is 2. The fourth-order valence-corrected chi connectivity index (χ4v) is 0.588. The molecule has 2 N–H and O–H groups in total. The summed E-state index contributed by atoms with van der Waals surface area (Å²) in [6.07, 6.45) is 2.33. The summed E-state index contributed by atoms with van der Waals surface area (Å²) in [6.45, 7) is 5.70. The second-order valence-corrected chi connectivity index (χ2v) is 2.79. The average Bonchev–Trinajstić information content (AvgIpc) is 2.03. The molecule has 16 heavy (non-hydrogen) atoms. The van der Waals surface area contributed by atoms with Crippen LogP contribution < -0.4 is 0 Å². The maximum atomic E-state index is 10.0. The molecule has 0 spiro atoms. The van der Waals surface area contributed by atoms with E-state index in [-0.39, 0.29) is 23.1 Å². The summed E-state index contributed by atoms with van der Waals surface area (Å²) in [6, 6.07) is 0. The fraction of sp³-hybridized carbons (Fsp3) is 0.400. The molecular weight excluding hydrogens is 248 g/mol. The van der Waals surface area contributed by atoms with E-state index in [1.807, 2.05) is 0 Å². The van der Waals surface area contributed by atoms with Gasteiger partial charge in [-0.15, -0.1) is 0 Å². The van der Waals surface area contributed by atoms with Crippen LogP contribution in [0.15, 0.2) is 23.7 Å². The molecule has 0 aromatic rings. The van der Waals surface area contributed by atoms with E-state index in [4.69, 9.17) is 13.5 Å². The summed E-state index contributed by atoms with van der Waals surface area (Å²) in [5.41, 5.74) is 0. The second kappa shape index (κ2) is 13.9. The molecule has 0 amide bonds. The van der Waals surface area contributed by atoms with Crippen LogP contribution in [0.1, 0.15) is 27.7 Å². The first-order chi connectivity index (χ1) is 7.25. The summed E-state index contributed by atoms with van der Waals surface area (Å²) >= 11 is 0.750. The Balaban J connectivity index is -0.000000183. The van der Waals surface area contributed by atoms with Gasteiger partial charge in [-0.05, 0) is 27.7 Å². The quantitative estimate of drug-likeness (QED) is 0.452. The minimum atomic E-state index is -0.125. The van der Waals surface area contributed by atoms with Crippen LogP contribution in [0.3, 0.4) is 0 Å². The van der Waals surface area contributed by atoms with Crippen molar-refractivity contribution in [3.63, 3.8) is 0 Å². The molecule has 0 fully saturated rings. The Morgan fingerprint density at radius 2 is 1.00 bits per heavy atom. The second-order valence-electron chi connectivity index (χ2n) is 2.79. The third kappa shape index (κ3) is 38.3. The zero-order chi connectivity index (χ0) is 13.7. The van der Waals surface area contributed by atoms with Gasteiger partial charge in [0.25, 0.3) is 0 Å². The summed E-state index contributed by atoms with van der Waals surface area (Å²) < 4.78 is 8.25. The SMILES string of the molecule is CC(=O)/C=C(/C)O.CC(=O)/C=C(/C)O.[O]=[Ti]. The van der Waals surface area contributed by atoms with Crippen molar-refractivity contribution in [1.29, 1.82) is 0 Å². The van der Waals surface area contributed by atoms with E-state index in [1.165, 1.54) is 39.8 Å². The van der Waals surface area contributed by atoms with Crippen molar-refractivity contribution in [3.8, 4) is 0 Å². The first-order valence-corrected chi connectivity index (χ1v) is 4.85. The molecule has 0 unspecified atom stereocenters. The van der Waals surface area contributed by atoms with Crippen LogP contribution in [-0.4, -0.2) is 21.8 Å². The molecule has 0 aromatic carbocycles. The van der Waals surface area contributed by atoms with Crippen LogP contribution in [0.4, 0.5) is 0 Å². The molecule has 0 atom stereocenters. The number of allylic oxidation sites excluding steroid dienone is 4. The van der Waals surface area contributed by atoms with Crippen molar-refractivity contribution >= 4 is 11.6 Å². The molecular formula is C10H16O5Ti. The average molecular weight is 264 g/mol. The van der Waals surface area contributed by atoms with Gasteiger partial charge < -0.3 is 10.2 Å². The first kappa shape index (κ1) is 20.4. The fourth-order valence-electron chi connectivity index (χ4n) is 0.588. The Kier molecular flexibility index (Phi) is 17.7. The Morgan fingerprint density at radius 3 is 1.00 bits per heavy atom. The topological polar surface area (TPSA) is 91.7 Å². The van der Waals surface area contributed by atoms with E-state index in [1.54, 1.807) is 0 Å². The van der Waals surface area contributed by atoms with Gasteiger partial charge >= 0.3 is 23.7 Å². The Morgan fingerprint density at radius 1 is 0.812 bits per heavy atom. The summed E-state index contributed by atoms with van der Waals surface area (Å²) in [5, 5.41) is 16.7. The van der Waals surface area contributed by atoms with Crippen LogP contribution in [0.5, 0.6) is 0 Å². The van der Waals surface area contributed by atoms with Crippen LogP contribution >= 0.6 is 0 Å². The van der Waals surface area contributed by atoms with E-state index < -0.39 is 0 Å². The number of hydrogen-bond donors (Lipinski definition) is 2. The van der Waals surface area contributed by atoms with Gasteiger partial charge in [0.15, 0.2) is 11.6 Å². The molecule has 0 heterocycles. The van der Waals surface area contributed by atoms with Gasteiger partial charge in [0.2, 0.25) is 0 Å². The third-order valence-corrected chi connectivity index (χ3v) is 0.824. The van der Waals surface area contributed by atoms with Crippen LogP contribution in [0, 0.1) is 0 Å². The Bertz CT molecular complexity index is 245. The zero-order valence-corrected chi connectivity index (χ0v) is 11.3. The molecule has 0 aliphatic heterocycles. The Hall–Kier alpha value is -1.07. The van der Waals surface area contributed by atoms with Gasteiger partial charge in [-0.2, -0.15) is 0 Å². The predicted molar refractivity (Wildman–Crippen MR) is 54.8 cm³/mol. The van der Waals surface area contributed by atoms with Crippen LogP contribution in [-0.2, 0) is 33.3 Å². The molecule has 0 rings (SSSR count). The van der Waals surface area contributed by atoms with Gasteiger partial charge in [-0.3, -0.25) is 9.59 Å². The van der Waals surface area contributed by atoms with E-state index in [0.717, 1.165) is 20.4 Å². The van der Waals surface area contributed by atoms with Gasteiger partial charge in [0.05, 0.1) is 11.5 Å². The first-order valence-electron chi connectivity index (χ1n) is 4.21. The molecule has 0 aromatic heterocycles. The zero-order valence-electron chi connectivity index (χ0n) is 9.77. The van der Waals surface area contributed by atoms with Crippen molar-refractivity contribution in [1.82, 2.24) is 0 Å². The van der Waals surface area contributed by atoms with Crippen LogP contribution in [0.25, 0.3) is 0 Å². The van der Waals surface area contributed by atoms with E-state index in [0.29, 0.717) is 0 Å². The molecule has 5 nitrogen and oxygen atoms in total. The normalized spacial score (nSPS) is 10.2. The number of hydrogen-bond acceptors (Lipinski definition) is 5. The number of aliphatic hydroxyl groups is 2. The molecule has 0 saturated carbocycles. The van der Waals surface area contributed by atoms with Gasteiger partial charge in [-0.1, -0.05) is 0 Å².